The highest BCUT2D eigenvalue weighted by molar-refractivity contribution is 4.63. The van der Waals surface area contributed by atoms with Gasteiger partial charge < -0.3 is 5.32 Å². The highest BCUT2D eigenvalue weighted by Gasteiger charge is 2.09. The molecule has 0 aromatic carbocycles. The van der Waals surface area contributed by atoms with E-state index in [4.69, 9.17) is 0 Å². The molecule has 1 fully saturated rings. The normalized spacial score (nSPS) is 22.4. The second-order valence-corrected chi connectivity index (χ2v) is 7.70. The SMILES string of the molecule is CC(C)CCC1CCCCCCCNCCCCCCC1. The first-order valence-electron chi connectivity index (χ1n) is 9.99. The topological polar surface area (TPSA) is 12.0 Å². The van der Waals surface area contributed by atoms with Crippen LogP contribution in [0.15, 0.2) is 0 Å². The summed E-state index contributed by atoms with van der Waals surface area (Å²) in [5.41, 5.74) is 0. The number of hydrogen-bond acceptors (Lipinski definition) is 1. The van der Waals surface area contributed by atoms with Gasteiger partial charge >= 0.3 is 0 Å². The first-order valence-corrected chi connectivity index (χ1v) is 9.99. The molecule has 0 saturated carbocycles. The molecule has 1 saturated heterocycles. The van der Waals surface area contributed by atoms with Gasteiger partial charge in [-0.3, -0.25) is 0 Å². The molecular formula is C20H41N. The molecule has 0 radical (unpaired) electrons. The molecule has 0 aromatic heterocycles. The van der Waals surface area contributed by atoms with Crippen LogP contribution in [0.1, 0.15) is 104 Å². The molecule has 1 rings (SSSR count). The van der Waals surface area contributed by atoms with Crippen molar-refractivity contribution < 1.29 is 0 Å². The average molecular weight is 296 g/mol. The van der Waals surface area contributed by atoms with Crippen LogP contribution in [0.5, 0.6) is 0 Å². The molecule has 1 nitrogen and oxygen atoms in total. The second-order valence-electron chi connectivity index (χ2n) is 7.70. The molecule has 1 heterocycles. The third kappa shape index (κ3) is 12.2. The quantitative estimate of drug-likeness (QED) is 0.642. The Bertz CT molecular complexity index is 196. The van der Waals surface area contributed by atoms with E-state index in [-0.39, 0.29) is 0 Å². The molecule has 0 unspecified atom stereocenters. The Morgan fingerprint density at radius 3 is 1.71 bits per heavy atom. The molecule has 1 N–H and O–H groups in total. The van der Waals surface area contributed by atoms with Crippen molar-refractivity contribution in [1.29, 1.82) is 0 Å². The van der Waals surface area contributed by atoms with Crippen LogP contribution in [0.3, 0.4) is 0 Å². The summed E-state index contributed by atoms with van der Waals surface area (Å²) in [5.74, 6) is 1.92. The number of hydrogen-bond donors (Lipinski definition) is 1. The van der Waals surface area contributed by atoms with Crippen molar-refractivity contribution in [2.75, 3.05) is 13.1 Å². The van der Waals surface area contributed by atoms with E-state index in [0.29, 0.717) is 0 Å². The second kappa shape index (κ2) is 13.6. The summed E-state index contributed by atoms with van der Waals surface area (Å²) < 4.78 is 0. The van der Waals surface area contributed by atoms with Crippen LogP contribution in [0.2, 0.25) is 0 Å². The largest absolute Gasteiger partial charge is 0.317 e. The van der Waals surface area contributed by atoms with Gasteiger partial charge in [-0.25, -0.2) is 0 Å². The molecule has 0 spiro atoms. The van der Waals surface area contributed by atoms with Crippen molar-refractivity contribution in [3.05, 3.63) is 0 Å². The number of rotatable bonds is 3. The van der Waals surface area contributed by atoms with Crippen LogP contribution in [0, 0.1) is 11.8 Å². The standard InChI is InChI=1S/C20H41N/c1-19(2)15-16-20-13-9-5-3-7-11-17-21-18-12-8-4-6-10-14-20/h19-21H,3-18H2,1-2H3. The fourth-order valence-corrected chi connectivity index (χ4v) is 3.55. The van der Waals surface area contributed by atoms with Crippen molar-refractivity contribution in [2.24, 2.45) is 11.8 Å². The molecule has 0 atom stereocenters. The minimum Gasteiger partial charge on any atom is -0.317 e. The van der Waals surface area contributed by atoms with E-state index < -0.39 is 0 Å². The van der Waals surface area contributed by atoms with E-state index in [2.05, 4.69) is 19.2 Å². The van der Waals surface area contributed by atoms with Crippen molar-refractivity contribution >= 4 is 0 Å². The maximum absolute atomic E-state index is 3.60. The van der Waals surface area contributed by atoms with Crippen LogP contribution >= 0.6 is 0 Å². The van der Waals surface area contributed by atoms with Gasteiger partial charge in [-0.2, -0.15) is 0 Å². The summed E-state index contributed by atoms with van der Waals surface area (Å²) in [6.45, 7) is 7.25. The smallest absolute Gasteiger partial charge is 0.00489 e. The van der Waals surface area contributed by atoms with E-state index in [1.807, 2.05) is 0 Å². The van der Waals surface area contributed by atoms with E-state index in [1.54, 1.807) is 0 Å². The van der Waals surface area contributed by atoms with Crippen LogP contribution in [-0.2, 0) is 0 Å². The lowest BCUT2D eigenvalue weighted by Gasteiger charge is -2.18. The van der Waals surface area contributed by atoms with Gasteiger partial charge in [-0.1, -0.05) is 90.9 Å². The van der Waals surface area contributed by atoms with Gasteiger partial charge in [-0.15, -0.1) is 0 Å². The summed E-state index contributed by atoms with van der Waals surface area (Å²) in [6.07, 6.45) is 20.4. The van der Waals surface area contributed by atoms with E-state index >= 15 is 0 Å². The summed E-state index contributed by atoms with van der Waals surface area (Å²) >= 11 is 0. The van der Waals surface area contributed by atoms with Gasteiger partial charge in [0.05, 0.1) is 0 Å². The molecule has 1 aliphatic heterocycles. The first kappa shape index (κ1) is 19.0. The monoisotopic (exact) mass is 295 g/mol. The van der Waals surface area contributed by atoms with Gasteiger partial charge in [-0.05, 0) is 37.8 Å². The first-order chi connectivity index (χ1) is 10.3. The summed E-state index contributed by atoms with van der Waals surface area (Å²) in [6, 6.07) is 0. The molecule has 1 heteroatoms. The molecule has 0 bridgehead atoms. The van der Waals surface area contributed by atoms with Crippen LogP contribution in [0.4, 0.5) is 0 Å². The van der Waals surface area contributed by atoms with Crippen molar-refractivity contribution in [2.45, 2.75) is 104 Å². The molecule has 126 valence electrons. The van der Waals surface area contributed by atoms with Crippen LogP contribution < -0.4 is 5.32 Å². The minimum atomic E-state index is 0.887. The Morgan fingerprint density at radius 2 is 1.19 bits per heavy atom. The van der Waals surface area contributed by atoms with E-state index in [0.717, 1.165) is 11.8 Å². The van der Waals surface area contributed by atoms with Gasteiger partial charge in [0.1, 0.15) is 0 Å². The highest BCUT2D eigenvalue weighted by atomic mass is 14.8. The fraction of sp³-hybridized carbons (Fsp3) is 1.00. The maximum Gasteiger partial charge on any atom is -0.00489 e. The predicted octanol–water partition coefficient (Wildman–Crippen LogP) is 6.32. The Morgan fingerprint density at radius 1 is 0.714 bits per heavy atom. The highest BCUT2D eigenvalue weighted by Crippen LogP contribution is 2.24. The van der Waals surface area contributed by atoms with Gasteiger partial charge in [0, 0.05) is 0 Å². The van der Waals surface area contributed by atoms with Crippen molar-refractivity contribution in [1.82, 2.24) is 5.32 Å². The lowest BCUT2D eigenvalue weighted by Crippen LogP contribution is -2.16. The van der Waals surface area contributed by atoms with E-state index in [1.165, 1.54) is 103 Å². The third-order valence-corrected chi connectivity index (χ3v) is 5.08. The van der Waals surface area contributed by atoms with Crippen LogP contribution in [-0.4, -0.2) is 13.1 Å². The summed E-state index contributed by atoms with van der Waals surface area (Å²) in [5, 5.41) is 3.60. The lowest BCUT2D eigenvalue weighted by molar-refractivity contribution is 0.351. The van der Waals surface area contributed by atoms with Crippen LogP contribution in [0.25, 0.3) is 0 Å². The zero-order valence-electron chi connectivity index (χ0n) is 15.0. The summed E-state index contributed by atoms with van der Waals surface area (Å²) in [4.78, 5) is 0. The molecule has 21 heavy (non-hydrogen) atoms. The summed E-state index contributed by atoms with van der Waals surface area (Å²) in [7, 11) is 0. The van der Waals surface area contributed by atoms with Crippen molar-refractivity contribution in [3.63, 3.8) is 0 Å². The molecule has 0 aromatic rings. The van der Waals surface area contributed by atoms with Crippen molar-refractivity contribution in [3.8, 4) is 0 Å². The maximum atomic E-state index is 3.60. The fourth-order valence-electron chi connectivity index (χ4n) is 3.55. The lowest BCUT2D eigenvalue weighted by atomic mass is 9.88. The molecule has 1 aliphatic rings. The molecular weight excluding hydrogens is 254 g/mol. The van der Waals surface area contributed by atoms with Gasteiger partial charge in [0.25, 0.3) is 0 Å². The predicted molar refractivity (Wildman–Crippen MR) is 95.8 cm³/mol. The molecule has 0 amide bonds. The Labute approximate surface area is 134 Å². The Hall–Kier alpha value is -0.0400. The number of nitrogens with one attached hydrogen (secondary N) is 1. The molecule has 0 aliphatic carbocycles. The zero-order valence-corrected chi connectivity index (χ0v) is 15.0. The minimum absolute atomic E-state index is 0.887. The third-order valence-electron chi connectivity index (χ3n) is 5.08. The zero-order chi connectivity index (χ0) is 15.2. The van der Waals surface area contributed by atoms with Gasteiger partial charge in [0.2, 0.25) is 0 Å². The Kier molecular flexibility index (Phi) is 12.3. The van der Waals surface area contributed by atoms with Gasteiger partial charge in [0.15, 0.2) is 0 Å². The van der Waals surface area contributed by atoms with E-state index in [9.17, 15) is 0 Å². The average Bonchev–Trinajstić information content (AvgIpc) is 2.46. The Balaban J connectivity index is 2.24.